The molecule has 1 unspecified atom stereocenters. The molecule has 0 bridgehead atoms. The molecular weight excluding hydrogens is 386 g/mol. The van der Waals surface area contributed by atoms with E-state index in [2.05, 4.69) is 23.3 Å². The number of rotatable bonds is 10. The maximum absolute atomic E-state index is 11.9. The minimum absolute atomic E-state index is 0. The molecule has 146 valence electrons. The van der Waals surface area contributed by atoms with Crippen LogP contribution in [0.3, 0.4) is 0 Å². The molecule has 0 heterocycles. The van der Waals surface area contributed by atoms with Crippen molar-refractivity contribution in [2.75, 3.05) is 24.6 Å². The number of benzene rings is 1. The molecule has 0 fully saturated rings. The van der Waals surface area contributed by atoms with Gasteiger partial charge >= 0.3 is 0 Å². The molecule has 0 aromatic heterocycles. The minimum atomic E-state index is -3.59. The van der Waals surface area contributed by atoms with Crippen LogP contribution in [0.2, 0.25) is 0 Å². The summed E-state index contributed by atoms with van der Waals surface area (Å²) in [7, 11) is -6.99. The number of hydrogen-bond donors (Lipinski definition) is 3. The van der Waals surface area contributed by atoms with E-state index in [0.29, 0.717) is 5.92 Å². The summed E-state index contributed by atoms with van der Waals surface area (Å²) >= 11 is 0. The monoisotopic (exact) mass is 413 g/mol. The Morgan fingerprint density at radius 2 is 1.48 bits per heavy atom. The smallest absolute Gasteiger partial charge is 0.212 e. The summed E-state index contributed by atoms with van der Waals surface area (Å²) in [6, 6.07) is 7.28. The highest BCUT2D eigenvalue weighted by molar-refractivity contribution is 7.90. The van der Waals surface area contributed by atoms with Crippen molar-refractivity contribution < 1.29 is 16.8 Å². The van der Waals surface area contributed by atoms with Crippen molar-refractivity contribution in [1.29, 1.82) is 0 Å². The topological polar surface area (TPSA) is 118 Å². The summed E-state index contributed by atoms with van der Waals surface area (Å²) in [4.78, 5) is 0. The average Bonchev–Trinajstić information content (AvgIpc) is 2.52. The second-order valence-corrected chi connectivity index (χ2v) is 9.91. The van der Waals surface area contributed by atoms with Gasteiger partial charge in [-0.05, 0) is 24.0 Å². The van der Waals surface area contributed by atoms with Crippen LogP contribution < -0.4 is 15.2 Å². The van der Waals surface area contributed by atoms with E-state index in [1.54, 1.807) is 0 Å². The summed E-state index contributed by atoms with van der Waals surface area (Å²) in [5.74, 6) is 0.00356. The molecule has 1 aromatic rings. The van der Waals surface area contributed by atoms with E-state index in [1.807, 2.05) is 24.3 Å². The third-order valence-corrected chi connectivity index (χ3v) is 6.38. The SMILES string of the molecule is CCS(=O)(=O)NCCS(=O)(=O)NCC(N)c1ccc(C(C)C)cc1.Cl. The van der Waals surface area contributed by atoms with Crippen LogP contribution in [-0.4, -0.2) is 41.4 Å². The van der Waals surface area contributed by atoms with Gasteiger partial charge in [0.15, 0.2) is 0 Å². The number of nitrogens with one attached hydrogen (secondary N) is 2. The molecular formula is C15H28ClN3O4S2. The van der Waals surface area contributed by atoms with Crippen molar-refractivity contribution in [2.45, 2.75) is 32.7 Å². The molecule has 25 heavy (non-hydrogen) atoms. The van der Waals surface area contributed by atoms with E-state index in [-0.39, 0.29) is 37.0 Å². The molecule has 0 aliphatic rings. The van der Waals surface area contributed by atoms with Gasteiger partial charge < -0.3 is 5.73 Å². The lowest BCUT2D eigenvalue weighted by Crippen LogP contribution is -2.37. The first-order valence-electron chi connectivity index (χ1n) is 7.86. The van der Waals surface area contributed by atoms with Gasteiger partial charge in [-0.3, -0.25) is 0 Å². The molecule has 0 radical (unpaired) electrons. The second kappa shape index (κ2) is 10.4. The van der Waals surface area contributed by atoms with Crippen molar-refractivity contribution in [1.82, 2.24) is 9.44 Å². The minimum Gasteiger partial charge on any atom is -0.323 e. The number of halogens is 1. The lowest BCUT2D eigenvalue weighted by atomic mass is 9.99. The molecule has 1 atom stereocenters. The summed E-state index contributed by atoms with van der Waals surface area (Å²) in [6.45, 7) is 5.57. The Bertz CT molecular complexity index is 720. The number of sulfonamides is 2. The lowest BCUT2D eigenvalue weighted by Gasteiger charge is -2.15. The highest BCUT2D eigenvalue weighted by atomic mass is 35.5. The quantitative estimate of drug-likeness (QED) is 0.530. The Morgan fingerprint density at radius 1 is 0.960 bits per heavy atom. The van der Waals surface area contributed by atoms with E-state index in [0.717, 1.165) is 5.56 Å². The van der Waals surface area contributed by atoms with Crippen LogP contribution in [0.4, 0.5) is 0 Å². The van der Waals surface area contributed by atoms with Crippen LogP contribution in [0.25, 0.3) is 0 Å². The van der Waals surface area contributed by atoms with Crippen molar-refractivity contribution in [3.63, 3.8) is 0 Å². The van der Waals surface area contributed by atoms with Gasteiger partial charge in [0, 0.05) is 19.1 Å². The Hall–Kier alpha value is -0.710. The maximum atomic E-state index is 11.9. The van der Waals surface area contributed by atoms with E-state index in [9.17, 15) is 16.8 Å². The molecule has 4 N–H and O–H groups in total. The summed E-state index contributed by atoms with van der Waals surface area (Å²) < 4.78 is 50.9. The normalized spacial score (nSPS) is 13.5. The predicted molar refractivity (Wildman–Crippen MR) is 104 cm³/mol. The summed E-state index contributed by atoms with van der Waals surface area (Å²) in [5.41, 5.74) is 8.04. The van der Waals surface area contributed by atoms with Gasteiger partial charge in [-0.25, -0.2) is 26.3 Å². The Balaban J connectivity index is 0.00000576. The van der Waals surface area contributed by atoms with Crippen molar-refractivity contribution in [3.8, 4) is 0 Å². The first kappa shape index (κ1) is 24.3. The first-order chi connectivity index (χ1) is 11.1. The third kappa shape index (κ3) is 8.98. The molecule has 10 heteroatoms. The Kier molecular flexibility index (Phi) is 10.1. The van der Waals surface area contributed by atoms with Gasteiger partial charge in [0.05, 0.1) is 11.5 Å². The Labute approximate surface area is 157 Å². The van der Waals surface area contributed by atoms with Gasteiger partial charge in [-0.1, -0.05) is 38.1 Å². The molecule has 0 saturated carbocycles. The zero-order valence-corrected chi connectivity index (χ0v) is 17.2. The van der Waals surface area contributed by atoms with Gasteiger partial charge in [0.2, 0.25) is 20.0 Å². The predicted octanol–water partition coefficient (Wildman–Crippen LogP) is 1.09. The van der Waals surface area contributed by atoms with Crippen LogP contribution in [-0.2, 0) is 20.0 Å². The van der Waals surface area contributed by atoms with Crippen molar-refractivity contribution >= 4 is 32.5 Å². The molecule has 7 nitrogen and oxygen atoms in total. The van der Waals surface area contributed by atoms with E-state index < -0.39 is 26.1 Å². The first-order valence-corrected chi connectivity index (χ1v) is 11.2. The van der Waals surface area contributed by atoms with E-state index in [1.165, 1.54) is 12.5 Å². The van der Waals surface area contributed by atoms with Crippen LogP contribution in [0.15, 0.2) is 24.3 Å². The second-order valence-electron chi connectivity index (χ2n) is 5.89. The van der Waals surface area contributed by atoms with Crippen molar-refractivity contribution in [3.05, 3.63) is 35.4 Å². The van der Waals surface area contributed by atoms with E-state index in [4.69, 9.17) is 5.73 Å². The highest BCUT2D eigenvalue weighted by Gasteiger charge is 2.15. The van der Waals surface area contributed by atoms with Gasteiger partial charge in [-0.15, -0.1) is 12.4 Å². The van der Waals surface area contributed by atoms with Crippen LogP contribution >= 0.6 is 12.4 Å². The van der Waals surface area contributed by atoms with E-state index >= 15 is 0 Å². The zero-order chi connectivity index (χ0) is 18.4. The summed E-state index contributed by atoms with van der Waals surface area (Å²) in [6.07, 6.45) is 0. The van der Waals surface area contributed by atoms with Crippen LogP contribution in [0, 0.1) is 0 Å². The molecule has 0 aliphatic heterocycles. The molecule has 1 rings (SSSR count). The number of hydrogen-bond acceptors (Lipinski definition) is 5. The fourth-order valence-electron chi connectivity index (χ4n) is 1.97. The van der Waals surface area contributed by atoms with Gasteiger partial charge in [-0.2, -0.15) is 0 Å². The van der Waals surface area contributed by atoms with Gasteiger partial charge in [0.1, 0.15) is 0 Å². The molecule has 0 spiro atoms. The van der Waals surface area contributed by atoms with Crippen molar-refractivity contribution in [2.24, 2.45) is 5.73 Å². The Morgan fingerprint density at radius 3 is 1.96 bits per heavy atom. The summed E-state index contributed by atoms with van der Waals surface area (Å²) in [5, 5.41) is 0. The van der Waals surface area contributed by atoms with Crippen LogP contribution in [0.1, 0.15) is 43.9 Å². The third-order valence-electron chi connectivity index (χ3n) is 3.63. The van der Waals surface area contributed by atoms with Gasteiger partial charge in [0.25, 0.3) is 0 Å². The molecule has 1 aromatic carbocycles. The lowest BCUT2D eigenvalue weighted by molar-refractivity contribution is 0.568. The number of nitrogens with two attached hydrogens (primary N) is 1. The molecule has 0 amide bonds. The fraction of sp³-hybridized carbons (Fsp3) is 0.600. The maximum Gasteiger partial charge on any atom is 0.212 e. The average molecular weight is 414 g/mol. The standard InChI is InChI=1S/C15H27N3O4S2.ClH/c1-4-23(19,20)17-9-10-24(21,22)18-11-15(16)14-7-5-13(6-8-14)12(2)3;/h5-8,12,15,17-18H,4,9-11,16H2,1-3H3;1H. The fourth-order valence-corrected chi connectivity index (χ4v) is 3.66. The van der Waals surface area contributed by atoms with Crippen LogP contribution in [0.5, 0.6) is 0 Å². The molecule has 0 aliphatic carbocycles. The molecule has 0 saturated heterocycles. The highest BCUT2D eigenvalue weighted by Crippen LogP contribution is 2.17. The zero-order valence-electron chi connectivity index (χ0n) is 14.7. The largest absolute Gasteiger partial charge is 0.323 e.